The number of aliphatic hydroxyl groups is 1. The van der Waals surface area contributed by atoms with Gasteiger partial charge in [0.1, 0.15) is 0 Å². The van der Waals surface area contributed by atoms with Gasteiger partial charge in [0.2, 0.25) is 11.8 Å². The Labute approximate surface area is 88.2 Å². The van der Waals surface area contributed by atoms with E-state index in [0.29, 0.717) is 11.8 Å². The van der Waals surface area contributed by atoms with Crippen molar-refractivity contribution in [3.63, 3.8) is 0 Å². The first kappa shape index (κ1) is 9.33. The topological polar surface area (TPSA) is 57.6 Å². The smallest absolute Gasteiger partial charge is 0.233 e. The average molecular weight is 209 g/mol. The molecule has 3 aliphatic rings. The summed E-state index contributed by atoms with van der Waals surface area (Å²) in [4.78, 5) is 25.2. The van der Waals surface area contributed by atoms with Gasteiger partial charge in [-0.05, 0) is 31.1 Å². The summed E-state index contributed by atoms with van der Waals surface area (Å²) in [5.74, 6) is 0.767. The van der Waals surface area contributed by atoms with E-state index in [1.165, 1.54) is 4.90 Å². The van der Waals surface area contributed by atoms with E-state index >= 15 is 0 Å². The molecule has 82 valence electrons. The molecule has 15 heavy (non-hydrogen) atoms. The number of amides is 2. The third-order valence-electron chi connectivity index (χ3n) is 4.34. The Hall–Kier alpha value is -0.900. The molecule has 0 spiro atoms. The summed E-state index contributed by atoms with van der Waals surface area (Å²) >= 11 is 0. The van der Waals surface area contributed by atoms with E-state index in [0.717, 1.165) is 19.3 Å². The molecule has 4 atom stereocenters. The van der Waals surface area contributed by atoms with Gasteiger partial charge in [-0.1, -0.05) is 0 Å². The molecule has 2 aliphatic carbocycles. The van der Waals surface area contributed by atoms with Crippen LogP contribution in [0.4, 0.5) is 0 Å². The van der Waals surface area contributed by atoms with Crippen molar-refractivity contribution >= 4 is 11.8 Å². The number of imide groups is 1. The highest BCUT2D eigenvalue weighted by atomic mass is 16.3. The molecule has 0 aromatic rings. The Bertz CT molecular complexity index is 300. The van der Waals surface area contributed by atoms with Gasteiger partial charge < -0.3 is 5.11 Å². The van der Waals surface area contributed by atoms with Crippen LogP contribution < -0.4 is 0 Å². The van der Waals surface area contributed by atoms with Gasteiger partial charge in [0.15, 0.2) is 0 Å². The van der Waals surface area contributed by atoms with Crippen LogP contribution in [0.3, 0.4) is 0 Å². The number of hydrogen-bond acceptors (Lipinski definition) is 3. The van der Waals surface area contributed by atoms with Crippen molar-refractivity contribution in [2.24, 2.45) is 23.7 Å². The summed E-state index contributed by atoms with van der Waals surface area (Å²) in [6.07, 6.45) is 3.29. The first-order chi connectivity index (χ1) is 7.24. The third kappa shape index (κ3) is 1.06. The van der Waals surface area contributed by atoms with E-state index in [1.54, 1.807) is 0 Å². The summed E-state index contributed by atoms with van der Waals surface area (Å²) in [6.45, 7) is 0.0658. The molecule has 2 saturated carbocycles. The quantitative estimate of drug-likeness (QED) is 0.652. The minimum atomic E-state index is -0.119. The number of nitrogens with zero attached hydrogens (tertiary/aromatic N) is 1. The summed E-state index contributed by atoms with van der Waals surface area (Å²) in [6, 6.07) is 0. The van der Waals surface area contributed by atoms with Crippen molar-refractivity contribution in [1.29, 1.82) is 0 Å². The average Bonchev–Trinajstić information content (AvgIpc) is 2.87. The third-order valence-corrected chi connectivity index (χ3v) is 4.34. The largest absolute Gasteiger partial charge is 0.395 e. The summed E-state index contributed by atoms with van der Waals surface area (Å²) in [5, 5.41) is 8.83. The normalized spacial score (nSPS) is 42.9. The van der Waals surface area contributed by atoms with Gasteiger partial charge in [-0.25, -0.2) is 0 Å². The number of rotatable bonds is 2. The molecule has 2 bridgehead atoms. The van der Waals surface area contributed by atoms with Crippen LogP contribution in [-0.2, 0) is 9.59 Å². The Morgan fingerprint density at radius 2 is 1.67 bits per heavy atom. The van der Waals surface area contributed by atoms with E-state index < -0.39 is 0 Å². The van der Waals surface area contributed by atoms with Gasteiger partial charge >= 0.3 is 0 Å². The molecule has 3 fully saturated rings. The SMILES string of the molecule is O=C1[C@@H]2[C@@H]3CC[C@H](C3)[C@H]2C(=O)N1CCO. The maximum atomic E-state index is 12.0. The molecule has 3 rings (SSSR count). The van der Waals surface area contributed by atoms with Crippen molar-refractivity contribution in [3.8, 4) is 0 Å². The highest BCUT2D eigenvalue weighted by Crippen LogP contribution is 2.55. The zero-order chi connectivity index (χ0) is 10.6. The predicted molar refractivity (Wildman–Crippen MR) is 51.6 cm³/mol. The number of fused-ring (bicyclic) bond motifs is 5. The van der Waals surface area contributed by atoms with Gasteiger partial charge in [-0.15, -0.1) is 0 Å². The maximum absolute atomic E-state index is 12.0. The van der Waals surface area contributed by atoms with Gasteiger partial charge in [0, 0.05) is 0 Å². The van der Waals surface area contributed by atoms with Crippen LogP contribution in [0.2, 0.25) is 0 Å². The van der Waals surface area contributed by atoms with Gasteiger partial charge in [0.05, 0.1) is 25.0 Å². The molecule has 0 unspecified atom stereocenters. The molecule has 1 N–H and O–H groups in total. The van der Waals surface area contributed by atoms with E-state index in [-0.39, 0.29) is 36.8 Å². The lowest BCUT2D eigenvalue weighted by molar-refractivity contribution is -0.141. The van der Waals surface area contributed by atoms with Crippen LogP contribution in [0, 0.1) is 23.7 Å². The number of hydrogen-bond donors (Lipinski definition) is 1. The molecule has 2 amide bonds. The van der Waals surface area contributed by atoms with Crippen LogP contribution in [0.5, 0.6) is 0 Å². The highest BCUT2D eigenvalue weighted by Gasteiger charge is 2.60. The number of aliphatic hydroxyl groups excluding tert-OH is 1. The summed E-state index contributed by atoms with van der Waals surface area (Å²) < 4.78 is 0. The highest BCUT2D eigenvalue weighted by molar-refractivity contribution is 6.06. The summed E-state index contributed by atoms with van der Waals surface area (Å²) in [7, 11) is 0. The fourth-order valence-electron chi connectivity index (χ4n) is 3.79. The van der Waals surface area contributed by atoms with Crippen LogP contribution in [-0.4, -0.2) is 35.0 Å². The molecule has 4 nitrogen and oxygen atoms in total. The van der Waals surface area contributed by atoms with Crippen molar-refractivity contribution < 1.29 is 14.7 Å². The van der Waals surface area contributed by atoms with Crippen molar-refractivity contribution in [2.45, 2.75) is 19.3 Å². The molecule has 1 heterocycles. The summed E-state index contributed by atoms with van der Waals surface area (Å²) in [5.41, 5.74) is 0. The van der Waals surface area contributed by atoms with Crippen molar-refractivity contribution in [3.05, 3.63) is 0 Å². The van der Waals surface area contributed by atoms with Crippen LogP contribution >= 0.6 is 0 Å². The Balaban J connectivity index is 1.90. The molecule has 0 aromatic heterocycles. The molecule has 1 saturated heterocycles. The fourth-order valence-corrected chi connectivity index (χ4v) is 3.79. The molecular formula is C11H15NO3. The van der Waals surface area contributed by atoms with E-state index in [4.69, 9.17) is 5.11 Å². The Morgan fingerprint density at radius 1 is 1.13 bits per heavy atom. The lowest BCUT2D eigenvalue weighted by atomic mass is 9.81. The fraction of sp³-hybridized carbons (Fsp3) is 0.818. The number of likely N-dealkylation sites (tertiary alicyclic amines) is 1. The molecule has 1 aliphatic heterocycles. The number of β-amino-alcohol motifs (C(OH)–C–C–N with tert-alkyl or cyclic N) is 1. The van der Waals surface area contributed by atoms with E-state index in [9.17, 15) is 9.59 Å². The van der Waals surface area contributed by atoms with Gasteiger partial charge in [0.25, 0.3) is 0 Å². The maximum Gasteiger partial charge on any atom is 0.233 e. The minimum absolute atomic E-state index is 0.0220. The monoisotopic (exact) mass is 209 g/mol. The number of carbonyl (C=O) groups excluding carboxylic acids is 2. The van der Waals surface area contributed by atoms with Crippen LogP contribution in [0.1, 0.15) is 19.3 Å². The first-order valence-corrected chi connectivity index (χ1v) is 5.70. The van der Waals surface area contributed by atoms with Crippen LogP contribution in [0.15, 0.2) is 0 Å². The first-order valence-electron chi connectivity index (χ1n) is 5.70. The second-order valence-electron chi connectivity index (χ2n) is 4.94. The number of carbonyl (C=O) groups is 2. The molecule has 0 aromatic carbocycles. The van der Waals surface area contributed by atoms with Crippen molar-refractivity contribution in [2.75, 3.05) is 13.2 Å². The van der Waals surface area contributed by atoms with Gasteiger partial charge in [-0.3, -0.25) is 14.5 Å². The molecule has 4 heteroatoms. The zero-order valence-corrected chi connectivity index (χ0v) is 8.56. The Morgan fingerprint density at radius 3 is 2.13 bits per heavy atom. The lowest BCUT2D eigenvalue weighted by Crippen LogP contribution is -2.35. The van der Waals surface area contributed by atoms with E-state index in [1.807, 2.05) is 0 Å². The molecular weight excluding hydrogens is 194 g/mol. The molecule has 0 radical (unpaired) electrons. The second-order valence-corrected chi connectivity index (χ2v) is 4.94. The predicted octanol–water partition coefficient (Wildman–Crippen LogP) is 0.00980. The van der Waals surface area contributed by atoms with Gasteiger partial charge in [-0.2, -0.15) is 0 Å². The standard InChI is InChI=1S/C11H15NO3/c13-4-3-12-10(14)8-6-1-2-7(5-6)9(8)11(12)15/h6-9,13H,1-5H2/t6-,7-,8-,9-/m1/s1. The zero-order valence-electron chi connectivity index (χ0n) is 8.56. The minimum Gasteiger partial charge on any atom is -0.395 e. The van der Waals surface area contributed by atoms with Crippen molar-refractivity contribution in [1.82, 2.24) is 4.90 Å². The lowest BCUT2D eigenvalue weighted by Gasteiger charge is -2.19. The van der Waals surface area contributed by atoms with Crippen LogP contribution in [0.25, 0.3) is 0 Å². The Kier molecular flexibility index (Phi) is 1.89. The van der Waals surface area contributed by atoms with E-state index in [2.05, 4.69) is 0 Å². The second kappa shape index (κ2) is 3.04.